The highest BCUT2D eigenvalue weighted by Gasteiger charge is 2.28. The number of nitriles is 1. The van der Waals surface area contributed by atoms with E-state index in [-0.39, 0.29) is 23.6 Å². The molecule has 3 aromatic carbocycles. The van der Waals surface area contributed by atoms with Crippen molar-refractivity contribution in [3.05, 3.63) is 71.0 Å². The lowest BCUT2D eigenvalue weighted by Crippen LogP contribution is -2.44. The van der Waals surface area contributed by atoms with Crippen LogP contribution in [0.5, 0.6) is 0 Å². The molecule has 0 spiro atoms. The van der Waals surface area contributed by atoms with Gasteiger partial charge < -0.3 is 24.6 Å². The predicted molar refractivity (Wildman–Crippen MR) is 163 cm³/mol. The number of carbonyl (C=O) groups is 2. The third-order valence-electron chi connectivity index (χ3n) is 7.52. The van der Waals surface area contributed by atoms with Gasteiger partial charge in [0.1, 0.15) is 16.9 Å². The largest absolute Gasteiger partial charge is 0.478 e. The quantitative estimate of drug-likeness (QED) is 0.265. The van der Waals surface area contributed by atoms with E-state index in [0.29, 0.717) is 36.4 Å². The Hall–Kier alpha value is -4.58. The highest BCUT2D eigenvalue weighted by atomic mass is 16.6. The molecule has 2 heterocycles. The van der Waals surface area contributed by atoms with Gasteiger partial charge in [-0.1, -0.05) is 32.0 Å². The van der Waals surface area contributed by atoms with Gasteiger partial charge in [0.2, 0.25) is 0 Å². The van der Waals surface area contributed by atoms with E-state index in [1.54, 1.807) is 11.0 Å². The monoisotopic (exact) mass is 567 g/mol. The predicted octanol–water partition coefficient (Wildman–Crippen LogP) is 6.74. The number of rotatable bonds is 6. The Kier molecular flexibility index (Phi) is 7.83. The Morgan fingerprint density at radius 1 is 1.10 bits per heavy atom. The number of nitrogens with one attached hydrogen (secondary N) is 1. The van der Waals surface area contributed by atoms with Crippen molar-refractivity contribution in [3.8, 4) is 6.07 Å². The van der Waals surface area contributed by atoms with Gasteiger partial charge in [-0.15, -0.1) is 0 Å². The van der Waals surface area contributed by atoms with Crippen LogP contribution in [0, 0.1) is 11.3 Å². The van der Waals surface area contributed by atoms with Crippen molar-refractivity contribution >= 4 is 39.6 Å². The van der Waals surface area contributed by atoms with Crippen LogP contribution < -0.4 is 5.32 Å². The molecule has 1 amide bonds. The zero-order valence-electron chi connectivity index (χ0n) is 24.8. The van der Waals surface area contributed by atoms with Crippen LogP contribution in [0.4, 0.5) is 10.5 Å². The number of piperidine rings is 1. The van der Waals surface area contributed by atoms with Crippen molar-refractivity contribution in [1.29, 1.82) is 5.26 Å². The highest BCUT2D eigenvalue weighted by Crippen LogP contribution is 2.31. The number of hydrogen-bond acceptors (Lipinski definition) is 6. The topological polar surface area (TPSA) is 120 Å². The second-order valence-corrected chi connectivity index (χ2v) is 12.3. The van der Waals surface area contributed by atoms with E-state index in [1.165, 1.54) is 0 Å². The second kappa shape index (κ2) is 11.4. The number of nitrogens with zero attached hydrogens (tertiary/aromatic N) is 4. The van der Waals surface area contributed by atoms with Crippen LogP contribution in [0.1, 0.15) is 80.7 Å². The smallest absolute Gasteiger partial charge is 0.410 e. The van der Waals surface area contributed by atoms with E-state index in [0.717, 1.165) is 40.5 Å². The molecule has 1 aliphatic rings. The average molecular weight is 568 g/mol. The molecule has 2 N–H and O–H groups in total. The zero-order chi connectivity index (χ0) is 30.2. The van der Waals surface area contributed by atoms with Crippen LogP contribution in [0.15, 0.2) is 48.5 Å². The Morgan fingerprint density at radius 2 is 1.81 bits per heavy atom. The molecule has 0 aliphatic carbocycles. The lowest BCUT2D eigenvalue weighted by molar-refractivity contribution is 0.0210. The SMILES string of the molecule is CC(C)c1nc2c(C(=O)O)cc(NC3CCN(C(=O)OC(C)(C)C)CC3)cc2n1Cc1ccc2ccc(C#N)cc2c1. The molecular formula is C33H37N5O4. The summed E-state index contributed by atoms with van der Waals surface area (Å²) < 4.78 is 7.61. The summed E-state index contributed by atoms with van der Waals surface area (Å²) in [6.45, 7) is 11.3. The number of carbonyl (C=O) groups excluding carboxylic acids is 1. The minimum atomic E-state index is -1.03. The number of benzene rings is 3. The molecule has 9 nitrogen and oxygen atoms in total. The van der Waals surface area contributed by atoms with Crippen LogP contribution in [0.25, 0.3) is 21.8 Å². The number of ether oxygens (including phenoxy) is 1. The molecule has 1 aliphatic heterocycles. The van der Waals surface area contributed by atoms with Crippen molar-refractivity contribution in [2.75, 3.05) is 18.4 Å². The van der Waals surface area contributed by atoms with Crippen molar-refractivity contribution in [3.63, 3.8) is 0 Å². The molecule has 0 atom stereocenters. The van der Waals surface area contributed by atoms with E-state index < -0.39 is 11.6 Å². The summed E-state index contributed by atoms with van der Waals surface area (Å²) in [5.41, 5.74) is 3.17. The summed E-state index contributed by atoms with van der Waals surface area (Å²) >= 11 is 0. The van der Waals surface area contributed by atoms with Crippen LogP contribution in [-0.4, -0.2) is 56.4 Å². The molecule has 1 saturated heterocycles. The number of aromatic nitrogens is 2. The first kappa shape index (κ1) is 28.9. The van der Waals surface area contributed by atoms with Gasteiger partial charge in [0.25, 0.3) is 0 Å². The molecule has 0 saturated carbocycles. The number of amides is 1. The van der Waals surface area contributed by atoms with Gasteiger partial charge in [0, 0.05) is 37.3 Å². The summed E-state index contributed by atoms with van der Waals surface area (Å²) in [5.74, 6) is -0.155. The lowest BCUT2D eigenvalue weighted by atomic mass is 10.0. The molecule has 0 bridgehead atoms. The van der Waals surface area contributed by atoms with E-state index in [2.05, 4.69) is 41.9 Å². The van der Waals surface area contributed by atoms with Crippen molar-refractivity contribution in [2.45, 2.75) is 71.6 Å². The van der Waals surface area contributed by atoms with Crippen LogP contribution in [0.2, 0.25) is 0 Å². The zero-order valence-corrected chi connectivity index (χ0v) is 24.8. The number of hydrogen-bond donors (Lipinski definition) is 2. The third-order valence-corrected chi connectivity index (χ3v) is 7.52. The normalized spacial score (nSPS) is 14.4. The van der Waals surface area contributed by atoms with Crippen LogP contribution in [-0.2, 0) is 11.3 Å². The average Bonchev–Trinajstić information content (AvgIpc) is 3.29. The van der Waals surface area contributed by atoms with E-state index in [4.69, 9.17) is 9.72 Å². The fourth-order valence-electron chi connectivity index (χ4n) is 5.51. The minimum Gasteiger partial charge on any atom is -0.478 e. The number of likely N-dealkylation sites (tertiary alicyclic amines) is 1. The maximum absolute atomic E-state index is 12.5. The van der Waals surface area contributed by atoms with E-state index in [9.17, 15) is 20.0 Å². The first-order valence-corrected chi connectivity index (χ1v) is 14.4. The van der Waals surface area contributed by atoms with Gasteiger partial charge >= 0.3 is 12.1 Å². The number of carboxylic acid groups (broad SMARTS) is 1. The summed E-state index contributed by atoms with van der Waals surface area (Å²) in [6, 6.07) is 17.7. The van der Waals surface area contributed by atoms with Crippen molar-refractivity contribution < 1.29 is 19.4 Å². The van der Waals surface area contributed by atoms with Gasteiger partial charge in [-0.25, -0.2) is 14.6 Å². The van der Waals surface area contributed by atoms with Crippen LogP contribution in [0.3, 0.4) is 0 Å². The Labute approximate surface area is 245 Å². The number of aromatic carboxylic acids is 1. The number of imidazole rings is 1. The Bertz CT molecular complexity index is 1700. The molecular weight excluding hydrogens is 530 g/mol. The Balaban J connectivity index is 1.45. The maximum Gasteiger partial charge on any atom is 0.410 e. The maximum atomic E-state index is 12.5. The molecule has 1 fully saturated rings. The summed E-state index contributed by atoms with van der Waals surface area (Å²) in [5, 5.41) is 25.0. The van der Waals surface area contributed by atoms with Gasteiger partial charge in [-0.2, -0.15) is 5.26 Å². The van der Waals surface area contributed by atoms with Gasteiger partial charge in [0.05, 0.1) is 22.7 Å². The summed E-state index contributed by atoms with van der Waals surface area (Å²) in [7, 11) is 0. The van der Waals surface area contributed by atoms with Crippen molar-refractivity contribution in [2.24, 2.45) is 0 Å². The number of carboxylic acids is 1. The van der Waals surface area contributed by atoms with Gasteiger partial charge in [-0.05, 0) is 80.3 Å². The van der Waals surface area contributed by atoms with E-state index in [1.807, 2.05) is 51.1 Å². The van der Waals surface area contributed by atoms with E-state index >= 15 is 0 Å². The third kappa shape index (κ3) is 6.18. The first-order valence-electron chi connectivity index (χ1n) is 14.4. The standard InChI is InChI=1S/C33H37N5O4/c1-20(2)30-36-29-27(31(39)40)16-26(35-25-10-12-37(13-11-25)32(41)42-33(3,4)5)17-28(29)38(30)19-22-7-9-23-8-6-21(18-34)14-24(23)15-22/h6-9,14-17,20,25,35H,10-13,19H2,1-5H3,(H,39,40). The second-order valence-electron chi connectivity index (χ2n) is 12.3. The molecule has 0 unspecified atom stereocenters. The fourth-order valence-corrected chi connectivity index (χ4v) is 5.51. The molecule has 5 rings (SSSR count). The minimum absolute atomic E-state index is 0.0679. The van der Waals surface area contributed by atoms with Crippen LogP contribution >= 0.6 is 0 Å². The first-order chi connectivity index (χ1) is 19.9. The molecule has 218 valence electrons. The summed E-state index contributed by atoms with van der Waals surface area (Å²) in [4.78, 5) is 31.4. The fraction of sp³-hybridized carbons (Fsp3) is 0.394. The number of anilines is 1. The molecule has 9 heteroatoms. The molecule has 1 aromatic heterocycles. The van der Waals surface area contributed by atoms with Crippen molar-refractivity contribution in [1.82, 2.24) is 14.5 Å². The highest BCUT2D eigenvalue weighted by molar-refractivity contribution is 6.03. The summed E-state index contributed by atoms with van der Waals surface area (Å²) in [6.07, 6.45) is 1.13. The molecule has 4 aromatic rings. The Morgan fingerprint density at radius 3 is 2.45 bits per heavy atom. The van der Waals surface area contributed by atoms with Gasteiger partial charge in [0.15, 0.2) is 0 Å². The lowest BCUT2D eigenvalue weighted by Gasteiger charge is -2.34. The number of fused-ring (bicyclic) bond motifs is 2. The molecule has 0 radical (unpaired) electrons. The molecule has 42 heavy (non-hydrogen) atoms. The van der Waals surface area contributed by atoms with Gasteiger partial charge in [-0.3, -0.25) is 0 Å².